The zero-order chi connectivity index (χ0) is 13.3. The van der Waals surface area contributed by atoms with Gasteiger partial charge >= 0.3 is 51.4 Å². The average molecular weight is 304 g/mol. The van der Waals surface area contributed by atoms with Crippen LogP contribution in [0.25, 0.3) is 0 Å². The third kappa shape index (κ3) is 12.5. The van der Waals surface area contributed by atoms with Crippen LogP contribution in [0.15, 0.2) is 0 Å². The summed E-state index contributed by atoms with van der Waals surface area (Å²) in [4.78, 5) is 0. The van der Waals surface area contributed by atoms with Gasteiger partial charge in [0.1, 0.15) is 0 Å². The van der Waals surface area contributed by atoms with Crippen molar-refractivity contribution >= 4 is 10.1 Å². The summed E-state index contributed by atoms with van der Waals surface area (Å²) in [6, 6.07) is 0. The van der Waals surface area contributed by atoms with Gasteiger partial charge in [0.05, 0.1) is 16.2 Å². The van der Waals surface area contributed by atoms with E-state index in [2.05, 4.69) is 6.92 Å². The summed E-state index contributed by atoms with van der Waals surface area (Å²) in [5, 5.41) is 8.80. The maximum absolute atomic E-state index is 10.6. The molecule has 0 aromatic heterocycles. The number of rotatable bonds is 10. The van der Waals surface area contributed by atoms with Crippen molar-refractivity contribution in [2.24, 2.45) is 0 Å². The molecule has 0 fully saturated rings. The number of aliphatic hydroxyl groups excluding tert-OH is 1. The Labute approximate surface area is 154 Å². The zero-order valence-electron chi connectivity index (χ0n) is 11.9. The molecule has 0 radical (unpaired) electrons. The molecule has 0 amide bonds. The predicted octanol–water partition coefficient (Wildman–Crippen LogP) is -0.574. The number of unbranched alkanes of at least 4 members (excludes halogenated alkanes) is 3. The van der Waals surface area contributed by atoms with Gasteiger partial charge < -0.3 is 9.66 Å². The Morgan fingerprint density at radius 3 is 2.11 bits per heavy atom. The second kappa shape index (κ2) is 12.3. The average Bonchev–Trinajstić information content (AvgIpc) is 2.23. The summed E-state index contributed by atoms with van der Waals surface area (Å²) in [5.74, 6) is 0. The van der Waals surface area contributed by atoms with Gasteiger partial charge in [-0.15, -0.1) is 0 Å². The largest absolute Gasteiger partial charge is 1.00 e. The molecule has 0 heterocycles. The molecular formula is C12H25KO4S. The fourth-order valence-electron chi connectivity index (χ4n) is 1.74. The van der Waals surface area contributed by atoms with Gasteiger partial charge in [0.25, 0.3) is 0 Å². The van der Waals surface area contributed by atoms with E-state index in [1.165, 1.54) is 19.8 Å². The second-order valence-electron chi connectivity index (χ2n) is 4.74. The molecule has 4 nitrogen and oxygen atoms in total. The van der Waals surface area contributed by atoms with Crippen LogP contribution in [0.2, 0.25) is 0 Å². The first-order chi connectivity index (χ1) is 7.88. The van der Waals surface area contributed by atoms with Crippen molar-refractivity contribution in [3.8, 4) is 0 Å². The Morgan fingerprint density at radius 1 is 1.06 bits per heavy atom. The Hall–Kier alpha value is 1.51. The molecule has 0 saturated heterocycles. The molecule has 2 unspecified atom stereocenters. The van der Waals surface area contributed by atoms with E-state index >= 15 is 0 Å². The maximum atomic E-state index is 10.6. The molecule has 6 heteroatoms. The van der Waals surface area contributed by atoms with Crippen LogP contribution >= 0.6 is 0 Å². The van der Waals surface area contributed by atoms with E-state index in [-0.39, 0.29) is 57.5 Å². The van der Waals surface area contributed by atoms with Gasteiger partial charge in [0.15, 0.2) is 0 Å². The van der Waals surface area contributed by atoms with Gasteiger partial charge in [-0.1, -0.05) is 32.6 Å². The summed E-state index contributed by atoms with van der Waals surface area (Å²) in [7, 11) is -4.16. The first-order valence-electron chi connectivity index (χ1n) is 6.50. The van der Waals surface area contributed by atoms with Crippen LogP contribution in [0.1, 0.15) is 65.2 Å². The number of aliphatic hydroxyl groups is 1. The van der Waals surface area contributed by atoms with E-state index in [9.17, 15) is 18.1 Å². The summed E-state index contributed by atoms with van der Waals surface area (Å²) < 4.78 is 31.9. The summed E-state index contributed by atoms with van der Waals surface area (Å²) in [5.41, 5.74) is 0. The van der Waals surface area contributed by atoms with E-state index in [0.29, 0.717) is 19.3 Å². The topological polar surface area (TPSA) is 77.4 Å². The van der Waals surface area contributed by atoms with Crippen molar-refractivity contribution in [3.63, 3.8) is 0 Å². The fourth-order valence-corrected chi connectivity index (χ4v) is 2.19. The minimum Gasteiger partial charge on any atom is -0.748 e. The van der Waals surface area contributed by atoms with Gasteiger partial charge in [-0.05, 0) is 32.6 Å². The number of hydrogen-bond donors (Lipinski definition) is 1. The third-order valence-electron chi connectivity index (χ3n) is 3.03. The molecule has 0 aliphatic rings. The molecule has 0 rings (SSSR count). The SMILES string of the molecule is CCCCCCC(O)CCCC(C)S(=O)(=O)[O-].[K+]. The molecule has 0 spiro atoms. The van der Waals surface area contributed by atoms with Crippen molar-refractivity contribution in [2.75, 3.05) is 0 Å². The van der Waals surface area contributed by atoms with Crippen LogP contribution in [0.3, 0.4) is 0 Å². The second-order valence-corrected chi connectivity index (χ2v) is 6.53. The zero-order valence-corrected chi connectivity index (χ0v) is 15.8. The minimum atomic E-state index is -4.16. The fraction of sp³-hybridized carbons (Fsp3) is 1.00. The first kappa shape index (κ1) is 21.8. The molecule has 18 heavy (non-hydrogen) atoms. The van der Waals surface area contributed by atoms with Crippen LogP contribution in [-0.2, 0) is 10.1 Å². The van der Waals surface area contributed by atoms with Crippen LogP contribution in [0, 0.1) is 0 Å². The van der Waals surface area contributed by atoms with Gasteiger partial charge in [-0.3, -0.25) is 0 Å². The van der Waals surface area contributed by atoms with Crippen molar-refractivity contribution in [1.29, 1.82) is 0 Å². The Morgan fingerprint density at radius 2 is 1.61 bits per heavy atom. The standard InChI is InChI=1S/C12H26O4S.K/c1-3-4-5-6-9-12(13)10-7-8-11(2)17(14,15)16;/h11-13H,3-10H2,1-2H3,(H,14,15,16);/q;+1/p-1. The Balaban J connectivity index is 0. The summed E-state index contributed by atoms with van der Waals surface area (Å²) >= 11 is 0. The molecule has 0 aliphatic heterocycles. The number of hydrogen-bond acceptors (Lipinski definition) is 4. The molecule has 0 aromatic carbocycles. The summed E-state index contributed by atoms with van der Waals surface area (Å²) in [6.07, 6.45) is 6.48. The Kier molecular flexibility index (Phi) is 14.9. The third-order valence-corrected chi connectivity index (χ3v) is 4.25. The molecule has 0 bridgehead atoms. The molecule has 104 valence electrons. The van der Waals surface area contributed by atoms with Gasteiger partial charge in [0, 0.05) is 5.25 Å². The van der Waals surface area contributed by atoms with Crippen LogP contribution in [-0.4, -0.2) is 29.4 Å². The molecular weight excluding hydrogens is 279 g/mol. The monoisotopic (exact) mass is 304 g/mol. The normalized spacial score (nSPS) is 14.9. The maximum Gasteiger partial charge on any atom is 1.00 e. The molecule has 0 aliphatic carbocycles. The Bertz CT molecular complexity index is 280. The van der Waals surface area contributed by atoms with Gasteiger partial charge in [-0.2, -0.15) is 0 Å². The van der Waals surface area contributed by atoms with E-state index in [1.807, 2.05) is 0 Å². The molecule has 0 aromatic rings. The van der Waals surface area contributed by atoms with E-state index in [0.717, 1.165) is 19.3 Å². The first-order valence-corrected chi connectivity index (χ1v) is 7.97. The quantitative estimate of drug-likeness (QED) is 0.333. The van der Waals surface area contributed by atoms with Crippen molar-refractivity contribution in [3.05, 3.63) is 0 Å². The van der Waals surface area contributed by atoms with Crippen molar-refractivity contribution in [1.82, 2.24) is 0 Å². The molecule has 0 saturated carbocycles. The van der Waals surface area contributed by atoms with Crippen LogP contribution < -0.4 is 51.4 Å². The minimum absolute atomic E-state index is 0. The smallest absolute Gasteiger partial charge is 0.748 e. The van der Waals surface area contributed by atoms with Crippen LogP contribution in [0.4, 0.5) is 0 Å². The van der Waals surface area contributed by atoms with Gasteiger partial charge in [-0.25, -0.2) is 8.42 Å². The van der Waals surface area contributed by atoms with Crippen molar-refractivity contribution < 1.29 is 69.5 Å². The van der Waals surface area contributed by atoms with E-state index < -0.39 is 15.4 Å². The van der Waals surface area contributed by atoms with Crippen molar-refractivity contribution in [2.45, 2.75) is 76.6 Å². The van der Waals surface area contributed by atoms with E-state index in [1.54, 1.807) is 0 Å². The predicted molar refractivity (Wildman–Crippen MR) is 67.8 cm³/mol. The van der Waals surface area contributed by atoms with Crippen LogP contribution in [0.5, 0.6) is 0 Å². The molecule has 1 N–H and O–H groups in total. The summed E-state index contributed by atoms with van der Waals surface area (Å²) in [6.45, 7) is 3.57. The van der Waals surface area contributed by atoms with Gasteiger partial charge in [0.2, 0.25) is 0 Å². The van der Waals surface area contributed by atoms with E-state index in [4.69, 9.17) is 0 Å². The molecule has 2 atom stereocenters.